The van der Waals surface area contributed by atoms with E-state index in [1.54, 1.807) is 36.8 Å². The summed E-state index contributed by atoms with van der Waals surface area (Å²) in [6.07, 6.45) is 6.44. The number of benzene rings is 1. The van der Waals surface area contributed by atoms with Gasteiger partial charge in [-0.15, -0.1) is 0 Å². The minimum Gasteiger partial charge on any atom is -0.442 e. The molecule has 1 aliphatic carbocycles. The van der Waals surface area contributed by atoms with Crippen LogP contribution in [0.4, 0.5) is 10.7 Å². The minimum absolute atomic E-state index is 0.150. The maximum Gasteiger partial charge on any atom is 0.435 e. The Labute approximate surface area is 214 Å². The van der Waals surface area contributed by atoms with Crippen molar-refractivity contribution in [3.8, 4) is 23.4 Å². The second-order valence-electron chi connectivity index (χ2n) is 9.90. The fraction of sp³-hybridized carbons (Fsp3) is 0.333. The lowest BCUT2D eigenvalue weighted by Crippen LogP contribution is -2.27. The molecule has 10 nitrogen and oxygen atoms in total. The molecule has 0 unspecified atom stereocenters. The molecule has 0 amide bonds. The first kappa shape index (κ1) is 24.3. The zero-order valence-corrected chi connectivity index (χ0v) is 20.8. The molecule has 2 atom stereocenters. The van der Waals surface area contributed by atoms with Crippen molar-refractivity contribution in [1.29, 1.82) is 0 Å². The van der Waals surface area contributed by atoms with E-state index in [1.165, 1.54) is 4.68 Å². The molecule has 0 radical (unpaired) electrons. The monoisotopic (exact) mass is 497 g/mol. The van der Waals surface area contributed by atoms with Crippen LogP contribution in [0.3, 0.4) is 0 Å². The number of nitrogens with one attached hydrogen (secondary N) is 1. The van der Waals surface area contributed by atoms with Gasteiger partial charge in [0.25, 0.3) is 0 Å². The molecule has 1 aliphatic rings. The second-order valence-corrected chi connectivity index (χ2v) is 9.90. The van der Waals surface area contributed by atoms with Crippen LogP contribution in [0.1, 0.15) is 51.3 Å². The SMILES string of the molecule is CC(C)(C)OC(=O)n1ncc2cc(C#Cc3ccnc(-c4ccnc(N[C@@H]5CC[C@H](O)C5)n4)n3)ccc21. The van der Waals surface area contributed by atoms with Crippen molar-refractivity contribution in [2.24, 2.45) is 0 Å². The number of nitrogens with zero attached hydrogens (tertiary/aromatic N) is 6. The molecule has 188 valence electrons. The average molecular weight is 498 g/mol. The first-order valence-corrected chi connectivity index (χ1v) is 12.1. The van der Waals surface area contributed by atoms with Gasteiger partial charge in [0.05, 0.1) is 17.8 Å². The van der Waals surface area contributed by atoms with Gasteiger partial charge in [0.1, 0.15) is 17.0 Å². The fourth-order valence-corrected chi connectivity index (χ4v) is 4.07. The van der Waals surface area contributed by atoms with Crippen LogP contribution in [-0.2, 0) is 4.74 Å². The standard InChI is InChI=1S/C27H27N7O3/c1-27(2,3)37-26(36)34-23-9-5-17(14-18(23)16-30-34)4-6-19-10-12-28-24(31-19)22-11-13-29-25(33-22)32-20-7-8-21(35)15-20/h5,9-14,16,20-21,35H,7-8,15H2,1-3H3,(H,29,32,33)/t20-,21+/m1/s1. The third kappa shape index (κ3) is 5.90. The number of carbonyl (C=O) groups is 1. The molecule has 5 rings (SSSR count). The maximum atomic E-state index is 12.4. The molecule has 10 heteroatoms. The lowest BCUT2D eigenvalue weighted by atomic mass is 10.1. The number of aliphatic hydroxyl groups excluding tert-OH is 1. The van der Waals surface area contributed by atoms with Gasteiger partial charge in [-0.3, -0.25) is 0 Å². The molecule has 1 saturated carbocycles. The molecule has 3 aromatic heterocycles. The lowest BCUT2D eigenvalue weighted by molar-refractivity contribution is 0.0522. The predicted molar refractivity (Wildman–Crippen MR) is 138 cm³/mol. The van der Waals surface area contributed by atoms with Crippen molar-refractivity contribution in [3.05, 3.63) is 60.2 Å². The molecule has 0 bridgehead atoms. The Kier molecular flexibility index (Phi) is 6.54. The molecule has 0 aliphatic heterocycles. The molecular formula is C27H27N7O3. The summed E-state index contributed by atoms with van der Waals surface area (Å²) in [6.45, 7) is 5.43. The summed E-state index contributed by atoms with van der Waals surface area (Å²) in [5.41, 5.74) is 1.91. The van der Waals surface area contributed by atoms with Crippen LogP contribution < -0.4 is 5.32 Å². The van der Waals surface area contributed by atoms with Crippen LogP contribution in [-0.4, -0.2) is 58.7 Å². The molecule has 37 heavy (non-hydrogen) atoms. The highest BCUT2D eigenvalue weighted by Crippen LogP contribution is 2.22. The van der Waals surface area contributed by atoms with E-state index in [0.717, 1.165) is 23.8 Å². The summed E-state index contributed by atoms with van der Waals surface area (Å²) >= 11 is 0. The molecule has 4 aromatic rings. The van der Waals surface area contributed by atoms with Gasteiger partial charge in [0.2, 0.25) is 5.95 Å². The third-order valence-corrected chi connectivity index (χ3v) is 5.75. The number of ether oxygens (including phenoxy) is 1. The van der Waals surface area contributed by atoms with E-state index in [9.17, 15) is 9.90 Å². The van der Waals surface area contributed by atoms with Gasteiger partial charge in [0, 0.05) is 29.4 Å². The molecule has 0 spiro atoms. The largest absolute Gasteiger partial charge is 0.442 e. The summed E-state index contributed by atoms with van der Waals surface area (Å²) in [5, 5.41) is 18.0. The van der Waals surface area contributed by atoms with Gasteiger partial charge in [-0.2, -0.15) is 9.78 Å². The zero-order valence-electron chi connectivity index (χ0n) is 20.8. The Morgan fingerprint density at radius 3 is 2.73 bits per heavy atom. The number of fused-ring (bicyclic) bond motifs is 1. The number of carbonyl (C=O) groups excluding carboxylic acids is 1. The van der Waals surface area contributed by atoms with Gasteiger partial charge in [-0.1, -0.05) is 5.92 Å². The Balaban J connectivity index is 1.33. The number of aliphatic hydroxyl groups is 1. The maximum absolute atomic E-state index is 12.4. The van der Waals surface area contributed by atoms with Crippen molar-refractivity contribution in [1.82, 2.24) is 29.7 Å². The Morgan fingerprint density at radius 2 is 1.95 bits per heavy atom. The Bertz CT molecular complexity index is 1510. The van der Waals surface area contributed by atoms with Gasteiger partial charge >= 0.3 is 6.09 Å². The van der Waals surface area contributed by atoms with E-state index in [0.29, 0.717) is 35.1 Å². The van der Waals surface area contributed by atoms with Gasteiger partial charge in [-0.05, 0) is 76.3 Å². The van der Waals surface area contributed by atoms with E-state index >= 15 is 0 Å². The Morgan fingerprint density at radius 1 is 1.11 bits per heavy atom. The van der Waals surface area contributed by atoms with Crippen molar-refractivity contribution >= 4 is 22.9 Å². The molecule has 3 heterocycles. The zero-order chi connectivity index (χ0) is 26.0. The first-order chi connectivity index (χ1) is 17.7. The topological polar surface area (TPSA) is 128 Å². The first-order valence-electron chi connectivity index (χ1n) is 12.1. The average Bonchev–Trinajstić information content (AvgIpc) is 3.47. The quantitative estimate of drug-likeness (QED) is 0.406. The van der Waals surface area contributed by atoms with E-state index in [1.807, 2.05) is 32.9 Å². The van der Waals surface area contributed by atoms with Crippen LogP contribution >= 0.6 is 0 Å². The summed E-state index contributed by atoms with van der Waals surface area (Å²) in [5.74, 6) is 7.10. The van der Waals surface area contributed by atoms with E-state index in [2.05, 4.69) is 42.2 Å². The van der Waals surface area contributed by atoms with Crippen LogP contribution in [0, 0.1) is 11.8 Å². The summed E-state index contributed by atoms with van der Waals surface area (Å²) in [4.78, 5) is 30.1. The normalized spacial score (nSPS) is 17.3. The van der Waals surface area contributed by atoms with Crippen LogP contribution in [0.25, 0.3) is 22.4 Å². The summed E-state index contributed by atoms with van der Waals surface area (Å²) in [6, 6.07) is 9.10. The van der Waals surface area contributed by atoms with E-state index in [4.69, 9.17) is 4.74 Å². The summed E-state index contributed by atoms with van der Waals surface area (Å²) < 4.78 is 6.66. The van der Waals surface area contributed by atoms with Crippen LogP contribution in [0.5, 0.6) is 0 Å². The second kappa shape index (κ2) is 9.95. The highest BCUT2D eigenvalue weighted by Gasteiger charge is 2.23. The molecule has 1 aromatic carbocycles. The number of hydrogen-bond acceptors (Lipinski definition) is 9. The number of rotatable bonds is 3. The van der Waals surface area contributed by atoms with Crippen molar-refractivity contribution in [2.75, 3.05) is 5.32 Å². The minimum atomic E-state index is -0.611. The number of aromatic nitrogens is 6. The van der Waals surface area contributed by atoms with Crippen molar-refractivity contribution < 1.29 is 14.6 Å². The van der Waals surface area contributed by atoms with Gasteiger partial charge in [0.15, 0.2) is 5.82 Å². The van der Waals surface area contributed by atoms with E-state index < -0.39 is 11.7 Å². The molecule has 1 fully saturated rings. The van der Waals surface area contributed by atoms with Crippen LogP contribution in [0.15, 0.2) is 48.9 Å². The van der Waals surface area contributed by atoms with E-state index in [-0.39, 0.29) is 12.1 Å². The van der Waals surface area contributed by atoms with Gasteiger partial charge in [-0.25, -0.2) is 24.7 Å². The summed E-state index contributed by atoms with van der Waals surface area (Å²) in [7, 11) is 0. The predicted octanol–water partition coefficient (Wildman–Crippen LogP) is 3.79. The third-order valence-electron chi connectivity index (χ3n) is 5.75. The number of hydrogen-bond donors (Lipinski definition) is 2. The molecule has 0 saturated heterocycles. The van der Waals surface area contributed by atoms with Gasteiger partial charge < -0.3 is 15.2 Å². The van der Waals surface area contributed by atoms with Crippen LogP contribution in [0.2, 0.25) is 0 Å². The Hall–Kier alpha value is -4.36. The van der Waals surface area contributed by atoms with Crippen molar-refractivity contribution in [2.45, 2.75) is 57.8 Å². The molecule has 2 N–H and O–H groups in total. The number of anilines is 1. The highest BCUT2D eigenvalue weighted by atomic mass is 16.6. The molecular weight excluding hydrogens is 470 g/mol. The highest BCUT2D eigenvalue weighted by molar-refractivity contribution is 5.88. The smallest absolute Gasteiger partial charge is 0.435 e. The van der Waals surface area contributed by atoms with Crippen molar-refractivity contribution in [3.63, 3.8) is 0 Å². The lowest BCUT2D eigenvalue weighted by Gasteiger charge is -2.19. The fourth-order valence-electron chi connectivity index (χ4n) is 4.07.